The number of aromatic nitrogens is 1. The van der Waals surface area contributed by atoms with Crippen molar-refractivity contribution in [2.45, 2.75) is 38.3 Å². The van der Waals surface area contributed by atoms with Crippen LogP contribution in [0.1, 0.15) is 29.0 Å². The summed E-state index contributed by atoms with van der Waals surface area (Å²) in [6.07, 6.45) is 4.86. The van der Waals surface area contributed by atoms with Crippen LogP contribution in [-0.2, 0) is 24.1 Å². The minimum absolute atomic E-state index is 0.388. The molecule has 2 aliphatic rings. The zero-order valence-corrected chi connectivity index (χ0v) is 12.9. The van der Waals surface area contributed by atoms with Gasteiger partial charge in [-0.1, -0.05) is 12.1 Å². The molecular formula is C17H20N2OS. The molecule has 2 aromatic rings. The van der Waals surface area contributed by atoms with Crippen molar-refractivity contribution < 1.29 is 4.74 Å². The molecule has 1 atom stereocenters. The monoisotopic (exact) mass is 300 g/mol. The van der Waals surface area contributed by atoms with E-state index in [1.165, 1.54) is 34.5 Å². The number of thiazole rings is 1. The maximum Gasteiger partial charge on any atom is 0.0958 e. The van der Waals surface area contributed by atoms with Crippen LogP contribution in [0.3, 0.4) is 0 Å². The lowest BCUT2D eigenvalue weighted by Crippen LogP contribution is -2.23. The molecule has 0 radical (unpaired) electrons. The molecule has 0 saturated carbocycles. The fourth-order valence-electron chi connectivity index (χ4n) is 3.17. The SMILES string of the molecule is c1cc2c(cc1-c1csc(CC3CCCO3)n1)CCNC2. The number of hydrogen-bond acceptors (Lipinski definition) is 4. The average Bonchev–Trinajstić information content (AvgIpc) is 3.19. The Morgan fingerprint density at radius 1 is 1.33 bits per heavy atom. The molecule has 4 heteroatoms. The minimum atomic E-state index is 0.388. The highest BCUT2D eigenvalue weighted by molar-refractivity contribution is 7.09. The van der Waals surface area contributed by atoms with Gasteiger partial charge in [-0.3, -0.25) is 0 Å². The van der Waals surface area contributed by atoms with E-state index in [1.54, 1.807) is 11.3 Å². The summed E-state index contributed by atoms with van der Waals surface area (Å²) in [7, 11) is 0. The van der Waals surface area contributed by atoms with E-state index in [0.717, 1.165) is 38.2 Å². The molecule has 1 aromatic carbocycles. The van der Waals surface area contributed by atoms with Gasteiger partial charge in [-0.05, 0) is 43.0 Å². The van der Waals surface area contributed by atoms with Gasteiger partial charge in [0.05, 0.1) is 16.8 Å². The van der Waals surface area contributed by atoms with E-state index in [0.29, 0.717) is 6.10 Å². The fraction of sp³-hybridized carbons (Fsp3) is 0.471. The molecule has 110 valence electrons. The molecule has 1 saturated heterocycles. The number of nitrogens with zero attached hydrogens (tertiary/aromatic N) is 1. The van der Waals surface area contributed by atoms with Gasteiger partial charge in [0.2, 0.25) is 0 Å². The Bertz CT molecular complexity index is 631. The lowest BCUT2D eigenvalue weighted by Gasteiger charge is -2.17. The quantitative estimate of drug-likeness (QED) is 0.945. The Labute approximate surface area is 129 Å². The van der Waals surface area contributed by atoms with E-state index in [9.17, 15) is 0 Å². The Morgan fingerprint density at radius 3 is 3.24 bits per heavy atom. The predicted molar refractivity (Wildman–Crippen MR) is 85.6 cm³/mol. The highest BCUT2D eigenvalue weighted by Crippen LogP contribution is 2.27. The number of hydrogen-bond donors (Lipinski definition) is 1. The Kier molecular flexibility index (Phi) is 3.76. The zero-order chi connectivity index (χ0) is 14.1. The maximum atomic E-state index is 5.71. The molecular weight excluding hydrogens is 280 g/mol. The number of nitrogens with one attached hydrogen (secondary N) is 1. The first-order valence-corrected chi connectivity index (χ1v) is 8.65. The zero-order valence-electron chi connectivity index (χ0n) is 12.1. The lowest BCUT2D eigenvalue weighted by molar-refractivity contribution is 0.111. The minimum Gasteiger partial charge on any atom is -0.378 e. The molecule has 1 unspecified atom stereocenters. The summed E-state index contributed by atoms with van der Waals surface area (Å²) in [5, 5.41) is 6.81. The molecule has 21 heavy (non-hydrogen) atoms. The van der Waals surface area contributed by atoms with Crippen LogP contribution in [0.25, 0.3) is 11.3 Å². The molecule has 2 aliphatic heterocycles. The van der Waals surface area contributed by atoms with E-state index < -0.39 is 0 Å². The molecule has 1 fully saturated rings. The second-order valence-electron chi connectivity index (χ2n) is 5.88. The molecule has 0 spiro atoms. The van der Waals surface area contributed by atoms with Gasteiger partial charge in [-0.25, -0.2) is 4.98 Å². The third-order valence-electron chi connectivity index (χ3n) is 4.37. The second-order valence-corrected chi connectivity index (χ2v) is 6.82. The van der Waals surface area contributed by atoms with E-state index in [4.69, 9.17) is 9.72 Å². The van der Waals surface area contributed by atoms with Crippen molar-refractivity contribution in [2.24, 2.45) is 0 Å². The van der Waals surface area contributed by atoms with Crippen molar-refractivity contribution in [1.29, 1.82) is 0 Å². The fourth-order valence-corrected chi connectivity index (χ4v) is 4.04. The molecule has 3 heterocycles. The lowest BCUT2D eigenvalue weighted by atomic mass is 9.98. The third-order valence-corrected chi connectivity index (χ3v) is 5.24. The van der Waals surface area contributed by atoms with Crippen molar-refractivity contribution in [2.75, 3.05) is 13.2 Å². The average molecular weight is 300 g/mol. The maximum absolute atomic E-state index is 5.71. The molecule has 0 bridgehead atoms. The highest BCUT2D eigenvalue weighted by atomic mass is 32.1. The summed E-state index contributed by atoms with van der Waals surface area (Å²) in [5.74, 6) is 0. The first-order chi connectivity index (χ1) is 10.4. The van der Waals surface area contributed by atoms with Crippen molar-refractivity contribution in [3.05, 3.63) is 39.7 Å². The standard InChI is InChI=1S/C17H20N2OS/c1-2-15(20-7-1)9-17-19-16(11-21-17)13-3-4-14-10-18-6-5-12(14)8-13/h3-4,8,11,15,18H,1-2,5-7,9-10H2. The van der Waals surface area contributed by atoms with Gasteiger partial charge < -0.3 is 10.1 Å². The van der Waals surface area contributed by atoms with Crippen LogP contribution < -0.4 is 5.32 Å². The first kappa shape index (κ1) is 13.4. The Balaban J connectivity index is 1.54. The number of benzene rings is 1. The van der Waals surface area contributed by atoms with E-state index in [2.05, 4.69) is 28.9 Å². The van der Waals surface area contributed by atoms with Gasteiger partial charge >= 0.3 is 0 Å². The van der Waals surface area contributed by atoms with Crippen LogP contribution in [-0.4, -0.2) is 24.2 Å². The molecule has 0 amide bonds. The van der Waals surface area contributed by atoms with Crippen LogP contribution in [0.2, 0.25) is 0 Å². The van der Waals surface area contributed by atoms with Gasteiger partial charge in [0.1, 0.15) is 0 Å². The predicted octanol–water partition coefficient (Wildman–Crippen LogP) is 3.18. The molecule has 0 aliphatic carbocycles. The van der Waals surface area contributed by atoms with Crippen molar-refractivity contribution in [3.8, 4) is 11.3 Å². The topological polar surface area (TPSA) is 34.1 Å². The van der Waals surface area contributed by atoms with Crippen molar-refractivity contribution in [1.82, 2.24) is 10.3 Å². The largest absolute Gasteiger partial charge is 0.378 e. The summed E-state index contributed by atoms with van der Waals surface area (Å²) >= 11 is 1.77. The summed E-state index contributed by atoms with van der Waals surface area (Å²) in [6.45, 7) is 3.00. The molecule has 3 nitrogen and oxygen atoms in total. The van der Waals surface area contributed by atoms with Crippen molar-refractivity contribution >= 4 is 11.3 Å². The van der Waals surface area contributed by atoms with Crippen LogP contribution in [0.5, 0.6) is 0 Å². The summed E-state index contributed by atoms with van der Waals surface area (Å²) in [5.41, 5.74) is 5.28. The van der Waals surface area contributed by atoms with Gasteiger partial charge in [-0.15, -0.1) is 11.3 Å². The number of ether oxygens (including phenoxy) is 1. The van der Waals surface area contributed by atoms with Crippen LogP contribution in [0.4, 0.5) is 0 Å². The van der Waals surface area contributed by atoms with Gasteiger partial charge in [-0.2, -0.15) is 0 Å². The normalized spacial score (nSPS) is 21.4. The van der Waals surface area contributed by atoms with E-state index >= 15 is 0 Å². The summed E-state index contributed by atoms with van der Waals surface area (Å²) in [6, 6.07) is 6.77. The summed E-state index contributed by atoms with van der Waals surface area (Å²) in [4.78, 5) is 4.82. The van der Waals surface area contributed by atoms with Gasteiger partial charge in [0.15, 0.2) is 0 Å². The van der Waals surface area contributed by atoms with E-state index in [1.807, 2.05) is 0 Å². The first-order valence-electron chi connectivity index (χ1n) is 7.77. The van der Waals surface area contributed by atoms with Gasteiger partial charge in [0.25, 0.3) is 0 Å². The molecule has 1 N–H and O–H groups in total. The van der Waals surface area contributed by atoms with Gasteiger partial charge in [0, 0.05) is 30.5 Å². The third kappa shape index (κ3) is 2.89. The molecule has 4 rings (SSSR count). The Hall–Kier alpha value is -1.23. The van der Waals surface area contributed by atoms with Crippen LogP contribution >= 0.6 is 11.3 Å². The van der Waals surface area contributed by atoms with E-state index in [-0.39, 0.29) is 0 Å². The molecule has 1 aromatic heterocycles. The second kappa shape index (κ2) is 5.87. The van der Waals surface area contributed by atoms with Crippen LogP contribution in [0, 0.1) is 0 Å². The number of fused-ring (bicyclic) bond motifs is 1. The van der Waals surface area contributed by atoms with Crippen molar-refractivity contribution in [3.63, 3.8) is 0 Å². The number of rotatable bonds is 3. The summed E-state index contributed by atoms with van der Waals surface area (Å²) < 4.78 is 5.71. The smallest absolute Gasteiger partial charge is 0.0958 e. The highest BCUT2D eigenvalue weighted by Gasteiger charge is 2.18. The Morgan fingerprint density at radius 2 is 2.33 bits per heavy atom. The van der Waals surface area contributed by atoms with Crippen LogP contribution in [0.15, 0.2) is 23.6 Å².